The fourth-order valence-corrected chi connectivity index (χ4v) is 13.1. The van der Waals surface area contributed by atoms with Crippen LogP contribution in [-0.4, -0.2) is 11.1 Å². The van der Waals surface area contributed by atoms with Gasteiger partial charge in [-0.2, -0.15) is 0 Å². The van der Waals surface area contributed by atoms with Gasteiger partial charge < -0.3 is 9.80 Å². The Labute approximate surface area is 353 Å². The van der Waals surface area contributed by atoms with Crippen molar-refractivity contribution in [3.8, 4) is 33.4 Å². The molecule has 0 spiro atoms. The van der Waals surface area contributed by atoms with Crippen LogP contribution in [0.25, 0.3) is 33.4 Å². The van der Waals surface area contributed by atoms with E-state index in [1.165, 1.54) is 155 Å². The van der Waals surface area contributed by atoms with E-state index in [4.69, 9.17) is 0 Å². The number of fused-ring (bicyclic) bond motifs is 9. The standard InChI is InChI=1S/C57H60N2/c1-54-31-15-5-7-17-33-56(54,3)58(46-19-11-9-12-20-46)52-29-25-42(38-50(52)54)40-23-27-48-44(35-40)37-45-36-41(24-28-49(45)48)43-26-30-53-51(39-43)55(2)32-16-6-8-18-34-57(55,4)59(53)47-21-13-10-14-22-47/h9-14,19-30,35-36,38-39H,5-8,15-18,31-34,37H2,1-4H3. The maximum Gasteiger partial charge on any atom is 0.0517 e. The van der Waals surface area contributed by atoms with Crippen molar-refractivity contribution >= 4 is 22.7 Å². The lowest BCUT2D eigenvalue weighted by Crippen LogP contribution is -2.53. The van der Waals surface area contributed by atoms with E-state index in [9.17, 15) is 0 Å². The van der Waals surface area contributed by atoms with Crippen molar-refractivity contribution in [1.82, 2.24) is 0 Å². The summed E-state index contributed by atoms with van der Waals surface area (Å²) in [5, 5.41) is 0. The summed E-state index contributed by atoms with van der Waals surface area (Å²) in [6, 6.07) is 51.8. The molecule has 0 amide bonds. The van der Waals surface area contributed by atoms with Gasteiger partial charge in [-0.05, 0) is 150 Å². The van der Waals surface area contributed by atoms with Gasteiger partial charge in [0.05, 0.1) is 11.1 Å². The summed E-state index contributed by atoms with van der Waals surface area (Å²) >= 11 is 0. The smallest absolute Gasteiger partial charge is 0.0517 e. The Bertz CT molecular complexity index is 2390. The second kappa shape index (κ2) is 13.7. The molecule has 11 rings (SSSR count). The highest BCUT2D eigenvalue weighted by Gasteiger charge is 2.57. The summed E-state index contributed by atoms with van der Waals surface area (Å²) in [4.78, 5) is 5.43. The molecule has 0 radical (unpaired) electrons. The maximum absolute atomic E-state index is 2.71. The molecule has 2 heteroatoms. The minimum Gasteiger partial charge on any atom is -0.334 e. The fourth-order valence-electron chi connectivity index (χ4n) is 13.1. The van der Waals surface area contributed by atoms with Crippen molar-refractivity contribution in [1.29, 1.82) is 0 Å². The Morgan fingerprint density at radius 1 is 0.373 bits per heavy atom. The van der Waals surface area contributed by atoms with Gasteiger partial charge in [0.25, 0.3) is 0 Å². The molecule has 6 aromatic carbocycles. The predicted molar refractivity (Wildman–Crippen MR) is 250 cm³/mol. The maximum atomic E-state index is 2.71. The second-order valence-electron chi connectivity index (χ2n) is 19.8. The van der Waals surface area contributed by atoms with Gasteiger partial charge in [-0.15, -0.1) is 0 Å². The van der Waals surface area contributed by atoms with Crippen LogP contribution in [-0.2, 0) is 17.3 Å². The first-order chi connectivity index (χ1) is 28.7. The van der Waals surface area contributed by atoms with Crippen LogP contribution in [0.4, 0.5) is 22.7 Å². The summed E-state index contributed by atoms with van der Waals surface area (Å²) in [6.45, 7) is 10.3. The highest BCUT2D eigenvalue weighted by Crippen LogP contribution is 2.62. The highest BCUT2D eigenvalue weighted by molar-refractivity contribution is 5.86. The first-order valence-corrected chi connectivity index (χ1v) is 23.0. The zero-order valence-corrected chi connectivity index (χ0v) is 35.8. The molecule has 2 heterocycles. The topological polar surface area (TPSA) is 6.48 Å². The minimum absolute atomic E-state index is 0.0412. The average molecular weight is 773 g/mol. The van der Waals surface area contributed by atoms with E-state index in [1.807, 2.05) is 0 Å². The Hall–Kier alpha value is -5.08. The zero-order valence-electron chi connectivity index (χ0n) is 35.8. The van der Waals surface area contributed by atoms with E-state index in [2.05, 4.69) is 171 Å². The van der Waals surface area contributed by atoms with Gasteiger partial charge in [0.15, 0.2) is 0 Å². The van der Waals surface area contributed by atoms with Gasteiger partial charge in [0.2, 0.25) is 0 Å². The van der Waals surface area contributed by atoms with Gasteiger partial charge in [0, 0.05) is 33.6 Å². The molecule has 2 aliphatic heterocycles. The lowest BCUT2D eigenvalue weighted by molar-refractivity contribution is 0.218. The summed E-state index contributed by atoms with van der Waals surface area (Å²) in [5.41, 5.74) is 19.8. The van der Waals surface area contributed by atoms with Crippen LogP contribution >= 0.6 is 0 Å². The third-order valence-electron chi connectivity index (χ3n) is 16.8. The van der Waals surface area contributed by atoms with Gasteiger partial charge >= 0.3 is 0 Å². The molecule has 4 unspecified atom stereocenters. The molecule has 0 saturated heterocycles. The van der Waals surface area contributed by atoms with Crippen LogP contribution in [0.3, 0.4) is 0 Å². The lowest BCUT2D eigenvalue weighted by Gasteiger charge is -2.48. The quantitative estimate of drug-likeness (QED) is 0.176. The van der Waals surface area contributed by atoms with Crippen LogP contribution in [0, 0.1) is 0 Å². The van der Waals surface area contributed by atoms with Gasteiger partial charge in [-0.1, -0.05) is 150 Å². The lowest BCUT2D eigenvalue weighted by atomic mass is 9.63. The predicted octanol–water partition coefficient (Wildman–Crippen LogP) is 15.6. The van der Waals surface area contributed by atoms with E-state index in [-0.39, 0.29) is 21.9 Å². The Balaban J connectivity index is 0.929. The first kappa shape index (κ1) is 37.0. The van der Waals surface area contributed by atoms with Crippen LogP contribution in [0.5, 0.6) is 0 Å². The largest absolute Gasteiger partial charge is 0.334 e. The SMILES string of the molecule is CC12CCCCCCC1(C)N(c1ccccc1)c1ccc(-c3ccc4c(c3)Cc3cc(-c5ccc6c(c5)C5(C)CCCCCCC5(C)N6c5ccccc5)ccc3-4)cc12. The number of rotatable bonds is 4. The molecule has 2 saturated carbocycles. The van der Waals surface area contributed by atoms with E-state index in [0.717, 1.165) is 6.42 Å². The van der Waals surface area contributed by atoms with Crippen molar-refractivity contribution in [2.24, 2.45) is 0 Å². The van der Waals surface area contributed by atoms with E-state index in [1.54, 1.807) is 0 Å². The number of para-hydroxylation sites is 2. The molecule has 59 heavy (non-hydrogen) atoms. The van der Waals surface area contributed by atoms with Crippen LogP contribution in [0.2, 0.25) is 0 Å². The summed E-state index contributed by atoms with van der Waals surface area (Å²) in [6.07, 6.45) is 16.5. The number of benzene rings is 6. The molecule has 3 aliphatic carbocycles. The van der Waals surface area contributed by atoms with Crippen molar-refractivity contribution in [2.45, 2.75) is 133 Å². The van der Waals surface area contributed by atoms with Gasteiger partial charge in [-0.25, -0.2) is 0 Å². The second-order valence-corrected chi connectivity index (χ2v) is 19.8. The Kier molecular flexibility index (Phi) is 8.60. The van der Waals surface area contributed by atoms with Crippen LogP contribution in [0.15, 0.2) is 133 Å². The monoisotopic (exact) mass is 772 g/mol. The van der Waals surface area contributed by atoms with E-state index < -0.39 is 0 Å². The number of hydrogen-bond donors (Lipinski definition) is 0. The van der Waals surface area contributed by atoms with Crippen molar-refractivity contribution < 1.29 is 0 Å². The normalized spacial score (nSPS) is 27.0. The molecule has 6 aromatic rings. The molecule has 2 fully saturated rings. The third-order valence-corrected chi connectivity index (χ3v) is 16.8. The Morgan fingerprint density at radius 2 is 0.746 bits per heavy atom. The number of hydrogen-bond acceptors (Lipinski definition) is 2. The summed E-state index contributed by atoms with van der Waals surface area (Å²) < 4.78 is 0. The summed E-state index contributed by atoms with van der Waals surface area (Å²) in [7, 11) is 0. The summed E-state index contributed by atoms with van der Waals surface area (Å²) in [5.74, 6) is 0. The molecular formula is C57H60N2. The molecule has 2 nitrogen and oxygen atoms in total. The van der Waals surface area contributed by atoms with Crippen molar-refractivity contribution in [3.63, 3.8) is 0 Å². The molecule has 0 N–H and O–H groups in total. The van der Waals surface area contributed by atoms with Crippen molar-refractivity contribution in [3.05, 3.63) is 156 Å². The number of anilines is 4. The van der Waals surface area contributed by atoms with Crippen LogP contribution < -0.4 is 9.80 Å². The molecule has 0 aromatic heterocycles. The average Bonchev–Trinajstić information content (AvgIpc) is 3.77. The third kappa shape index (κ3) is 5.43. The molecule has 4 atom stereocenters. The number of nitrogens with zero attached hydrogens (tertiary/aromatic N) is 2. The Morgan fingerprint density at radius 3 is 1.17 bits per heavy atom. The molecule has 0 bridgehead atoms. The van der Waals surface area contributed by atoms with E-state index >= 15 is 0 Å². The molecule has 5 aliphatic rings. The molecular weight excluding hydrogens is 713 g/mol. The van der Waals surface area contributed by atoms with E-state index in [0.29, 0.717) is 0 Å². The zero-order chi connectivity index (χ0) is 40.0. The van der Waals surface area contributed by atoms with Crippen LogP contribution in [0.1, 0.15) is 127 Å². The fraction of sp³-hybridized carbons (Fsp3) is 0.368. The molecule has 298 valence electrons. The van der Waals surface area contributed by atoms with Gasteiger partial charge in [-0.3, -0.25) is 0 Å². The van der Waals surface area contributed by atoms with Crippen molar-refractivity contribution in [2.75, 3.05) is 9.80 Å². The first-order valence-electron chi connectivity index (χ1n) is 23.0. The van der Waals surface area contributed by atoms with Gasteiger partial charge in [0.1, 0.15) is 0 Å². The highest BCUT2D eigenvalue weighted by atomic mass is 15.3. The minimum atomic E-state index is 0.0412.